The van der Waals surface area contributed by atoms with Crippen molar-refractivity contribution >= 4 is 0 Å². The van der Waals surface area contributed by atoms with Gasteiger partial charge in [-0.2, -0.15) is 0 Å². The lowest BCUT2D eigenvalue weighted by molar-refractivity contribution is 0.278. The van der Waals surface area contributed by atoms with Gasteiger partial charge in [-0.1, -0.05) is 34.6 Å². The largest absolute Gasteiger partial charge is 0.313 e. The first-order chi connectivity index (χ1) is 4.84. The van der Waals surface area contributed by atoms with Crippen LogP contribution in [0, 0.1) is 11.3 Å². The van der Waals surface area contributed by atoms with Gasteiger partial charge in [0.2, 0.25) is 0 Å². The van der Waals surface area contributed by atoms with Gasteiger partial charge in [-0.05, 0) is 24.8 Å². The molecule has 0 radical (unpaired) electrons. The zero-order valence-corrected chi connectivity index (χ0v) is 8.86. The summed E-state index contributed by atoms with van der Waals surface area (Å²) < 4.78 is 0. The van der Waals surface area contributed by atoms with Crippen molar-refractivity contribution in [3.8, 4) is 0 Å². The lowest BCUT2D eigenvalue weighted by atomic mass is 9.88. The van der Waals surface area contributed by atoms with Crippen LogP contribution in [0.25, 0.3) is 0 Å². The van der Waals surface area contributed by atoms with Crippen LogP contribution in [0.15, 0.2) is 0 Å². The highest BCUT2D eigenvalue weighted by Crippen LogP contribution is 2.18. The van der Waals surface area contributed by atoms with Crippen LogP contribution in [-0.4, -0.2) is 12.6 Å². The summed E-state index contributed by atoms with van der Waals surface area (Å²) in [5, 5.41) is 3.52. The van der Waals surface area contributed by atoms with Crippen LogP contribution >= 0.6 is 0 Å². The molecule has 0 amide bonds. The summed E-state index contributed by atoms with van der Waals surface area (Å²) in [4.78, 5) is 0. The van der Waals surface area contributed by atoms with Crippen LogP contribution in [0.5, 0.6) is 0 Å². The van der Waals surface area contributed by atoms with Gasteiger partial charge in [-0.15, -0.1) is 0 Å². The minimum Gasteiger partial charge on any atom is -0.313 e. The Morgan fingerprint density at radius 3 is 1.82 bits per heavy atom. The van der Waals surface area contributed by atoms with E-state index in [9.17, 15) is 0 Å². The molecule has 0 aliphatic heterocycles. The summed E-state index contributed by atoms with van der Waals surface area (Å²) in [6.45, 7) is 14.7. The molecule has 0 bridgehead atoms. The molecule has 0 aromatic heterocycles. The SMILES string of the molecule is CC(C)CN[C@@H](C)C(C)(C)C. The second kappa shape index (κ2) is 4.10. The monoisotopic (exact) mass is 157 g/mol. The predicted molar refractivity (Wildman–Crippen MR) is 51.8 cm³/mol. The van der Waals surface area contributed by atoms with Gasteiger partial charge >= 0.3 is 0 Å². The van der Waals surface area contributed by atoms with Gasteiger partial charge in [0.15, 0.2) is 0 Å². The van der Waals surface area contributed by atoms with Crippen LogP contribution in [0.2, 0.25) is 0 Å². The van der Waals surface area contributed by atoms with Crippen LogP contribution < -0.4 is 5.32 Å². The van der Waals surface area contributed by atoms with Crippen molar-refractivity contribution in [2.24, 2.45) is 11.3 Å². The molecule has 0 fully saturated rings. The molecular weight excluding hydrogens is 134 g/mol. The van der Waals surface area contributed by atoms with Gasteiger partial charge in [-0.3, -0.25) is 0 Å². The highest BCUT2D eigenvalue weighted by molar-refractivity contribution is 4.75. The van der Waals surface area contributed by atoms with Gasteiger partial charge in [-0.25, -0.2) is 0 Å². The highest BCUT2D eigenvalue weighted by atomic mass is 14.9. The van der Waals surface area contributed by atoms with E-state index in [-0.39, 0.29) is 0 Å². The van der Waals surface area contributed by atoms with E-state index in [2.05, 4.69) is 46.9 Å². The average Bonchev–Trinajstić information content (AvgIpc) is 1.80. The van der Waals surface area contributed by atoms with Crippen LogP contribution in [0.3, 0.4) is 0 Å². The quantitative estimate of drug-likeness (QED) is 0.664. The molecule has 1 nitrogen and oxygen atoms in total. The molecule has 0 aliphatic rings. The predicted octanol–water partition coefficient (Wildman–Crippen LogP) is 2.67. The van der Waals surface area contributed by atoms with Gasteiger partial charge in [0, 0.05) is 6.04 Å². The van der Waals surface area contributed by atoms with Crippen molar-refractivity contribution in [1.29, 1.82) is 0 Å². The lowest BCUT2D eigenvalue weighted by Gasteiger charge is -2.28. The number of hydrogen-bond donors (Lipinski definition) is 1. The van der Waals surface area contributed by atoms with Crippen molar-refractivity contribution in [1.82, 2.24) is 5.32 Å². The number of rotatable bonds is 3. The zero-order valence-electron chi connectivity index (χ0n) is 8.86. The number of hydrogen-bond acceptors (Lipinski definition) is 1. The number of nitrogens with one attached hydrogen (secondary N) is 1. The third-order valence-corrected chi connectivity index (χ3v) is 2.13. The molecule has 0 unspecified atom stereocenters. The highest BCUT2D eigenvalue weighted by Gasteiger charge is 2.18. The van der Waals surface area contributed by atoms with E-state index in [0.717, 1.165) is 12.5 Å². The van der Waals surface area contributed by atoms with Crippen LogP contribution in [0.1, 0.15) is 41.5 Å². The van der Waals surface area contributed by atoms with Crippen molar-refractivity contribution < 1.29 is 0 Å². The molecule has 11 heavy (non-hydrogen) atoms. The fourth-order valence-electron chi connectivity index (χ4n) is 0.719. The Morgan fingerprint density at radius 2 is 1.55 bits per heavy atom. The molecule has 1 N–H and O–H groups in total. The molecule has 0 aromatic carbocycles. The Labute approximate surface area is 71.6 Å². The summed E-state index contributed by atoms with van der Waals surface area (Å²) >= 11 is 0. The first-order valence-corrected chi connectivity index (χ1v) is 4.57. The molecule has 68 valence electrons. The van der Waals surface area contributed by atoms with Gasteiger partial charge in [0.25, 0.3) is 0 Å². The van der Waals surface area contributed by atoms with Crippen molar-refractivity contribution in [3.05, 3.63) is 0 Å². The van der Waals surface area contributed by atoms with Crippen molar-refractivity contribution in [2.75, 3.05) is 6.54 Å². The van der Waals surface area contributed by atoms with Crippen molar-refractivity contribution in [3.63, 3.8) is 0 Å². The summed E-state index contributed by atoms with van der Waals surface area (Å²) in [5.41, 5.74) is 0.384. The normalized spacial score (nSPS) is 15.5. The molecule has 0 aliphatic carbocycles. The third kappa shape index (κ3) is 5.25. The van der Waals surface area contributed by atoms with E-state index in [1.165, 1.54) is 0 Å². The first kappa shape index (κ1) is 11.0. The minimum absolute atomic E-state index is 0.384. The smallest absolute Gasteiger partial charge is 0.00873 e. The lowest BCUT2D eigenvalue weighted by Crippen LogP contribution is -2.39. The van der Waals surface area contributed by atoms with E-state index in [0.29, 0.717) is 11.5 Å². The first-order valence-electron chi connectivity index (χ1n) is 4.57. The summed E-state index contributed by atoms with van der Waals surface area (Å²) in [6, 6.07) is 0.602. The molecule has 0 saturated carbocycles. The van der Waals surface area contributed by atoms with E-state index in [1.807, 2.05) is 0 Å². The Kier molecular flexibility index (Phi) is 4.09. The zero-order chi connectivity index (χ0) is 9.07. The molecule has 0 saturated heterocycles. The Hall–Kier alpha value is -0.0400. The van der Waals surface area contributed by atoms with Gasteiger partial charge in [0.1, 0.15) is 0 Å². The maximum Gasteiger partial charge on any atom is 0.00873 e. The fraction of sp³-hybridized carbons (Fsp3) is 1.00. The Bertz CT molecular complexity index is 99.9. The van der Waals surface area contributed by atoms with Crippen LogP contribution in [-0.2, 0) is 0 Å². The summed E-state index contributed by atoms with van der Waals surface area (Å²) in [6.07, 6.45) is 0. The molecule has 0 heterocycles. The van der Waals surface area contributed by atoms with Gasteiger partial charge in [0.05, 0.1) is 0 Å². The van der Waals surface area contributed by atoms with Gasteiger partial charge < -0.3 is 5.32 Å². The average molecular weight is 157 g/mol. The van der Waals surface area contributed by atoms with E-state index >= 15 is 0 Å². The van der Waals surface area contributed by atoms with E-state index < -0.39 is 0 Å². The minimum atomic E-state index is 0.384. The second-order valence-corrected chi connectivity index (χ2v) is 4.89. The summed E-state index contributed by atoms with van der Waals surface area (Å²) in [7, 11) is 0. The third-order valence-electron chi connectivity index (χ3n) is 2.13. The maximum absolute atomic E-state index is 3.52. The van der Waals surface area contributed by atoms with E-state index in [1.54, 1.807) is 0 Å². The van der Waals surface area contributed by atoms with E-state index in [4.69, 9.17) is 0 Å². The molecule has 0 spiro atoms. The Balaban J connectivity index is 3.61. The molecular formula is C10H23N. The molecule has 1 atom stereocenters. The maximum atomic E-state index is 3.52. The second-order valence-electron chi connectivity index (χ2n) is 4.89. The molecule has 0 rings (SSSR count). The molecule has 0 aromatic rings. The van der Waals surface area contributed by atoms with Crippen molar-refractivity contribution in [2.45, 2.75) is 47.6 Å². The fourth-order valence-corrected chi connectivity index (χ4v) is 0.719. The molecule has 1 heteroatoms. The topological polar surface area (TPSA) is 12.0 Å². The Morgan fingerprint density at radius 1 is 1.09 bits per heavy atom. The van der Waals surface area contributed by atoms with Crippen LogP contribution in [0.4, 0.5) is 0 Å². The standard InChI is InChI=1S/C10H23N/c1-8(2)7-11-9(3)10(4,5)6/h8-9,11H,7H2,1-6H3/t9-/m0/s1. The summed E-state index contributed by atoms with van der Waals surface area (Å²) in [5.74, 6) is 0.750.